The van der Waals surface area contributed by atoms with Crippen LogP contribution in [-0.4, -0.2) is 34.0 Å². The van der Waals surface area contributed by atoms with Crippen molar-refractivity contribution in [3.63, 3.8) is 0 Å². The molecule has 0 saturated carbocycles. The van der Waals surface area contributed by atoms with Gasteiger partial charge in [-0.3, -0.25) is 4.79 Å². The Labute approximate surface area is 114 Å². The topological polar surface area (TPSA) is 66.8 Å². The number of aliphatic hydroxyl groups is 2. The van der Waals surface area contributed by atoms with Crippen molar-refractivity contribution in [1.29, 1.82) is 0 Å². The highest BCUT2D eigenvalue weighted by atomic mass is 79.9. The zero-order valence-corrected chi connectivity index (χ0v) is 11.4. The van der Waals surface area contributed by atoms with Crippen LogP contribution >= 0.6 is 15.9 Å². The lowest BCUT2D eigenvalue weighted by Gasteiger charge is -2.21. The lowest BCUT2D eigenvalue weighted by molar-refractivity contribution is 0.0172. The Bertz CT molecular complexity index is 447. The monoisotopic (exact) mass is 314 g/mol. The Morgan fingerprint density at radius 3 is 2.89 bits per heavy atom. The maximum Gasteiger partial charge on any atom is 0.170 e. The summed E-state index contributed by atoms with van der Waals surface area (Å²) in [5.74, 6) is 0.567. The van der Waals surface area contributed by atoms with E-state index in [9.17, 15) is 15.0 Å². The van der Waals surface area contributed by atoms with Gasteiger partial charge < -0.3 is 14.9 Å². The van der Waals surface area contributed by atoms with Gasteiger partial charge in [0, 0.05) is 11.8 Å². The van der Waals surface area contributed by atoms with E-state index >= 15 is 0 Å². The van der Waals surface area contributed by atoms with Gasteiger partial charge in [-0.25, -0.2) is 0 Å². The summed E-state index contributed by atoms with van der Waals surface area (Å²) in [5.41, 5.74) is 1.03. The van der Waals surface area contributed by atoms with E-state index in [0.29, 0.717) is 41.7 Å². The van der Waals surface area contributed by atoms with Crippen molar-refractivity contribution in [3.05, 3.63) is 29.3 Å². The van der Waals surface area contributed by atoms with Crippen molar-refractivity contribution >= 4 is 21.7 Å². The fourth-order valence-corrected chi connectivity index (χ4v) is 2.42. The molecule has 0 bridgehead atoms. The van der Waals surface area contributed by atoms with E-state index in [1.54, 1.807) is 18.2 Å². The van der Waals surface area contributed by atoms with Crippen molar-refractivity contribution in [1.82, 2.24) is 0 Å². The number of hydrogen-bond donors (Lipinski definition) is 2. The number of carbonyl (C=O) groups is 1. The molecular weight excluding hydrogens is 300 g/mol. The van der Waals surface area contributed by atoms with Gasteiger partial charge in [0.25, 0.3) is 0 Å². The van der Waals surface area contributed by atoms with Crippen LogP contribution in [0.5, 0.6) is 5.75 Å². The van der Waals surface area contributed by atoms with E-state index in [1.165, 1.54) is 0 Å². The fraction of sp³-hybridized carbons (Fsp3) is 0.462. The maximum atomic E-state index is 11.7. The summed E-state index contributed by atoms with van der Waals surface area (Å²) in [6, 6.07) is 4.96. The molecule has 2 atom stereocenters. The van der Waals surface area contributed by atoms with Crippen molar-refractivity contribution in [2.24, 2.45) is 0 Å². The first-order chi connectivity index (χ1) is 8.63. The van der Waals surface area contributed by atoms with Gasteiger partial charge in [-0.15, -0.1) is 0 Å². The highest BCUT2D eigenvalue weighted by Crippen LogP contribution is 2.29. The van der Waals surface area contributed by atoms with Crippen molar-refractivity contribution in [2.45, 2.75) is 25.0 Å². The lowest BCUT2D eigenvalue weighted by Crippen LogP contribution is -2.20. The van der Waals surface area contributed by atoms with Gasteiger partial charge in [-0.1, -0.05) is 22.0 Å². The number of carbonyl (C=O) groups excluding carboxylic acids is 1. The summed E-state index contributed by atoms with van der Waals surface area (Å²) in [7, 11) is 0. The molecule has 2 N–H and O–H groups in total. The van der Waals surface area contributed by atoms with Crippen molar-refractivity contribution in [2.75, 3.05) is 11.9 Å². The van der Waals surface area contributed by atoms with E-state index in [1.807, 2.05) is 0 Å². The Hall–Kier alpha value is -0.910. The van der Waals surface area contributed by atoms with Gasteiger partial charge in [-0.2, -0.15) is 0 Å². The first kappa shape index (κ1) is 13.5. The molecule has 1 heterocycles. The molecule has 1 aromatic rings. The average Bonchev–Trinajstić information content (AvgIpc) is 2.38. The van der Waals surface area contributed by atoms with Gasteiger partial charge in [0.15, 0.2) is 5.78 Å². The molecule has 1 aromatic carbocycles. The SMILES string of the molecule is O=C1CCOc2ccc(C(O)C(O)CCBr)cc21. The Balaban J connectivity index is 2.25. The number of ether oxygens (including phenoxy) is 1. The molecule has 1 aliphatic rings. The van der Waals surface area contributed by atoms with E-state index < -0.39 is 12.2 Å². The van der Waals surface area contributed by atoms with Crippen LogP contribution in [0.1, 0.15) is 34.9 Å². The van der Waals surface area contributed by atoms with Crippen molar-refractivity contribution in [3.8, 4) is 5.75 Å². The molecule has 0 spiro atoms. The zero-order valence-electron chi connectivity index (χ0n) is 9.80. The molecule has 0 amide bonds. The predicted molar refractivity (Wildman–Crippen MR) is 70.3 cm³/mol. The van der Waals surface area contributed by atoms with Crippen LogP contribution in [0.25, 0.3) is 0 Å². The number of ketones is 1. The summed E-state index contributed by atoms with van der Waals surface area (Å²) < 4.78 is 5.36. The summed E-state index contributed by atoms with van der Waals surface area (Å²) in [5, 5.41) is 20.3. The number of alkyl halides is 1. The maximum absolute atomic E-state index is 11.7. The third-order valence-electron chi connectivity index (χ3n) is 3.00. The zero-order chi connectivity index (χ0) is 13.1. The number of rotatable bonds is 4. The van der Waals surface area contributed by atoms with Gasteiger partial charge in [0.1, 0.15) is 11.9 Å². The van der Waals surface area contributed by atoms with Crippen LogP contribution in [0.3, 0.4) is 0 Å². The second-order valence-corrected chi connectivity index (χ2v) is 5.06. The Kier molecular flexibility index (Phi) is 4.37. The fourth-order valence-electron chi connectivity index (χ4n) is 1.96. The molecular formula is C13H15BrO4. The predicted octanol–water partition coefficient (Wildman–Crippen LogP) is 1.83. The van der Waals surface area contributed by atoms with Gasteiger partial charge in [0.2, 0.25) is 0 Å². The molecule has 98 valence electrons. The smallest absolute Gasteiger partial charge is 0.170 e. The third-order valence-corrected chi connectivity index (χ3v) is 3.46. The first-order valence-corrected chi connectivity index (χ1v) is 6.97. The second kappa shape index (κ2) is 5.82. The molecule has 0 radical (unpaired) electrons. The van der Waals surface area contributed by atoms with E-state index in [-0.39, 0.29) is 5.78 Å². The van der Waals surface area contributed by atoms with Crippen LogP contribution in [-0.2, 0) is 0 Å². The molecule has 0 fully saturated rings. The highest BCUT2D eigenvalue weighted by molar-refractivity contribution is 9.09. The Morgan fingerprint density at radius 2 is 2.17 bits per heavy atom. The van der Waals surface area contributed by atoms with E-state index in [4.69, 9.17) is 4.74 Å². The van der Waals surface area contributed by atoms with Crippen molar-refractivity contribution < 1.29 is 19.7 Å². The largest absolute Gasteiger partial charge is 0.492 e. The second-order valence-electron chi connectivity index (χ2n) is 4.27. The van der Waals surface area contributed by atoms with Crippen LogP contribution in [0.4, 0.5) is 0 Å². The van der Waals surface area contributed by atoms with Crippen LogP contribution in [0.15, 0.2) is 18.2 Å². The number of Topliss-reactive ketones (excluding diaryl/α,β-unsaturated/α-hetero) is 1. The van der Waals surface area contributed by atoms with Crippen LogP contribution in [0.2, 0.25) is 0 Å². The molecule has 0 aromatic heterocycles. The molecule has 4 nitrogen and oxygen atoms in total. The first-order valence-electron chi connectivity index (χ1n) is 5.85. The lowest BCUT2D eigenvalue weighted by atomic mass is 9.97. The van der Waals surface area contributed by atoms with Gasteiger partial charge >= 0.3 is 0 Å². The average molecular weight is 315 g/mol. The minimum Gasteiger partial charge on any atom is -0.492 e. The van der Waals surface area contributed by atoms with E-state index in [2.05, 4.69) is 15.9 Å². The molecule has 18 heavy (non-hydrogen) atoms. The molecule has 0 saturated heterocycles. The minimum atomic E-state index is -0.984. The van der Waals surface area contributed by atoms with Gasteiger partial charge in [-0.05, 0) is 24.1 Å². The van der Waals surface area contributed by atoms with Gasteiger partial charge in [0.05, 0.1) is 18.3 Å². The number of fused-ring (bicyclic) bond motifs is 1. The molecule has 2 rings (SSSR count). The minimum absolute atomic E-state index is 0.0141. The number of aliphatic hydroxyl groups excluding tert-OH is 2. The Morgan fingerprint density at radius 1 is 1.39 bits per heavy atom. The number of hydrogen-bond acceptors (Lipinski definition) is 4. The van der Waals surface area contributed by atoms with Crippen LogP contribution < -0.4 is 4.74 Å². The highest BCUT2D eigenvalue weighted by Gasteiger charge is 2.23. The number of benzene rings is 1. The number of halogens is 1. The normalized spacial score (nSPS) is 17.8. The molecule has 5 heteroatoms. The summed E-state index contributed by atoms with van der Waals surface area (Å²) >= 11 is 3.22. The summed E-state index contributed by atoms with van der Waals surface area (Å²) in [4.78, 5) is 11.7. The molecule has 2 unspecified atom stereocenters. The summed E-state index contributed by atoms with van der Waals surface area (Å²) in [6.07, 6.45) is -1.02. The quantitative estimate of drug-likeness (QED) is 0.832. The third kappa shape index (κ3) is 2.74. The standard InChI is InChI=1S/C13H15BrO4/c14-5-3-11(16)13(17)8-1-2-12-9(7-8)10(15)4-6-18-12/h1-2,7,11,13,16-17H,3-6H2. The van der Waals surface area contributed by atoms with Crippen LogP contribution in [0, 0.1) is 0 Å². The molecule has 1 aliphatic heterocycles. The summed E-state index contributed by atoms with van der Waals surface area (Å²) in [6.45, 7) is 0.403. The van der Waals surface area contributed by atoms with E-state index in [0.717, 1.165) is 0 Å². The molecule has 0 aliphatic carbocycles.